The van der Waals surface area contributed by atoms with Crippen LogP contribution in [0.15, 0.2) is 54.6 Å². The molecule has 5 heterocycles. The first-order valence-electron chi connectivity index (χ1n) is 37.0. The van der Waals surface area contributed by atoms with Crippen molar-refractivity contribution in [3.8, 4) is 45.4 Å². The van der Waals surface area contributed by atoms with E-state index in [0.717, 1.165) is 177 Å². The third-order valence-corrected chi connectivity index (χ3v) is 19.5. The summed E-state index contributed by atoms with van der Waals surface area (Å²) in [6.07, 6.45) is 46.2. The standard InChI is InChI=1S/C81H113N7.O.V/c1-9-17-25-33-41-58-49-51-60(43-35-27-19-11-3)70-68(58)66-57-67-69-59(42-34-26-18-10-2)50-52-61(44-36-28-20-12-4)71(69)77(83-67)85-79-73-63(46-38-30-22-14-6)54-56-65(48-40-32-24-16-8)75(73)81(87-79)88-80-74-64(47-39-31-23-15-7)55-53-62(45-37-29-21-13-5)72(74)78(86-80)84-76(70)82-66;;/h49-57H,9-48H2,1-8H3;;/q-2;;+2. The Balaban J connectivity index is 0.00000517. The molecule has 0 aliphatic carbocycles. The number of fused-ring (bicyclic) bond motifs is 20. The molecule has 2 aliphatic rings. The van der Waals surface area contributed by atoms with E-state index in [9.17, 15) is 0 Å². The van der Waals surface area contributed by atoms with Crippen molar-refractivity contribution in [2.45, 2.75) is 312 Å². The molecule has 3 aromatic heterocycles. The Morgan fingerprint density at radius 1 is 0.267 bits per heavy atom. The first-order valence-corrected chi connectivity index (χ1v) is 37.6. The fraction of sp³-hybridized carbons (Fsp3) is 0.593. The Kier molecular flexibility index (Phi) is 29.8. The van der Waals surface area contributed by atoms with Crippen LogP contribution in [0.1, 0.15) is 305 Å². The molecule has 0 saturated carbocycles. The summed E-state index contributed by atoms with van der Waals surface area (Å²) in [6.45, 7) is 18.6. The van der Waals surface area contributed by atoms with Gasteiger partial charge in [-0.2, -0.15) is 0 Å². The van der Waals surface area contributed by atoms with Gasteiger partial charge in [-0.05, 0) is 186 Å². The molecule has 0 atom stereocenters. The first kappa shape index (κ1) is 70.6. The maximum atomic E-state index is 8.19. The van der Waals surface area contributed by atoms with Crippen LogP contribution in [-0.2, 0) is 72.4 Å². The van der Waals surface area contributed by atoms with Crippen LogP contribution in [-0.4, -0.2) is 24.9 Å². The molecule has 8 nitrogen and oxygen atoms in total. The van der Waals surface area contributed by atoms with Crippen molar-refractivity contribution in [1.82, 2.24) is 34.9 Å². The van der Waals surface area contributed by atoms with E-state index in [1.54, 1.807) is 0 Å². The van der Waals surface area contributed by atoms with Gasteiger partial charge in [0.2, 0.25) is 0 Å². The van der Waals surface area contributed by atoms with Gasteiger partial charge in [0.1, 0.15) is 0 Å². The van der Waals surface area contributed by atoms with E-state index in [4.69, 9.17) is 38.6 Å². The molecule has 483 valence electrons. The molecule has 8 bridgehead atoms. The molecule has 0 fully saturated rings. The predicted octanol–water partition coefficient (Wildman–Crippen LogP) is 23.6. The Labute approximate surface area is 553 Å². The number of aromatic nitrogens is 7. The first-order chi connectivity index (χ1) is 44.4. The molecular formula is C81H113N7OV. The maximum absolute atomic E-state index is 8.19. The minimum absolute atomic E-state index is 0.748. The Morgan fingerprint density at radius 3 is 0.833 bits per heavy atom. The molecule has 4 aromatic carbocycles. The average molecular weight is 1250 g/mol. The zero-order valence-electron chi connectivity index (χ0n) is 57.5. The van der Waals surface area contributed by atoms with Gasteiger partial charge in [-0.1, -0.05) is 258 Å². The summed E-state index contributed by atoms with van der Waals surface area (Å²) >= 11 is 1.06. The van der Waals surface area contributed by atoms with Gasteiger partial charge in [0, 0.05) is 33.5 Å². The van der Waals surface area contributed by atoms with Crippen LogP contribution >= 0.6 is 0 Å². The number of unbranched alkanes of at least 4 members (excludes halogenated alkanes) is 24. The van der Waals surface area contributed by atoms with Crippen molar-refractivity contribution in [1.29, 1.82) is 0 Å². The van der Waals surface area contributed by atoms with E-state index in [-0.39, 0.29) is 0 Å². The van der Waals surface area contributed by atoms with Gasteiger partial charge in [0.15, 0.2) is 0 Å². The van der Waals surface area contributed by atoms with E-state index < -0.39 is 0 Å². The summed E-state index contributed by atoms with van der Waals surface area (Å²) in [5.41, 5.74) is 19.8. The number of nitrogens with zero attached hydrogens (tertiary/aromatic N) is 7. The molecule has 9 heteroatoms. The SMILES string of the molecule is CCCCCCc1ccc(CCCCCC)c2c1-c1cc3[n-]c(nc4nc(nc5[n-]c(nc-2n1)c1c(CCCCCC)ccc(CCCCCC)c51)-c1c(CCCCCC)ccc(CCCCCC)c1-4)c1c(CCCCCC)ccc(CCCCCC)c31.[O]=[V+2]. The van der Waals surface area contributed by atoms with Crippen LogP contribution < -0.4 is 9.97 Å². The molecule has 9 rings (SSSR count). The molecule has 0 amide bonds. The molecule has 0 radical (unpaired) electrons. The van der Waals surface area contributed by atoms with E-state index in [2.05, 4.69) is 110 Å². The van der Waals surface area contributed by atoms with Crippen molar-refractivity contribution in [2.24, 2.45) is 0 Å². The van der Waals surface area contributed by atoms with E-state index in [1.807, 2.05) is 0 Å². The van der Waals surface area contributed by atoms with Crippen LogP contribution in [0.3, 0.4) is 0 Å². The van der Waals surface area contributed by atoms with Crippen molar-refractivity contribution in [2.75, 3.05) is 0 Å². The summed E-state index contributed by atoms with van der Waals surface area (Å²) in [7, 11) is 0. The van der Waals surface area contributed by atoms with Crippen LogP contribution in [0.5, 0.6) is 0 Å². The van der Waals surface area contributed by atoms with E-state index in [1.165, 1.54) is 231 Å². The van der Waals surface area contributed by atoms with Gasteiger partial charge in [0.05, 0.1) is 23.2 Å². The molecule has 90 heavy (non-hydrogen) atoms. The third kappa shape index (κ3) is 18.1. The van der Waals surface area contributed by atoms with Crippen LogP contribution in [0.4, 0.5) is 0 Å². The monoisotopic (exact) mass is 1250 g/mol. The molecule has 0 unspecified atom stereocenters. The molecule has 2 aliphatic heterocycles. The fourth-order valence-corrected chi connectivity index (χ4v) is 14.5. The Bertz CT molecular complexity index is 3090. The molecule has 0 spiro atoms. The second-order valence-corrected chi connectivity index (χ2v) is 26.7. The van der Waals surface area contributed by atoms with Crippen molar-refractivity contribution in [3.05, 3.63) is 99.1 Å². The number of hydrogen-bond acceptors (Lipinski definition) is 6. The van der Waals surface area contributed by atoms with Gasteiger partial charge < -0.3 is 24.9 Å². The summed E-state index contributed by atoms with van der Waals surface area (Å²) in [5.74, 6) is 2.30. The molecule has 0 saturated heterocycles. The quantitative estimate of drug-likeness (QED) is 0.0349. The normalized spacial score (nSPS) is 11.9. The van der Waals surface area contributed by atoms with Gasteiger partial charge in [0.25, 0.3) is 0 Å². The Morgan fingerprint density at radius 2 is 0.511 bits per heavy atom. The van der Waals surface area contributed by atoms with Gasteiger partial charge in [-0.25, -0.2) is 9.97 Å². The number of aryl methyl sites for hydroxylation is 8. The Hall–Kier alpha value is -5.31. The average Bonchev–Trinajstić information content (AvgIpc) is 1.59. The van der Waals surface area contributed by atoms with Crippen molar-refractivity contribution < 1.29 is 21.0 Å². The molecular weight excluding hydrogens is 1140 g/mol. The predicted molar refractivity (Wildman–Crippen MR) is 380 cm³/mol. The second kappa shape index (κ2) is 38.0. The van der Waals surface area contributed by atoms with Crippen molar-refractivity contribution >= 4 is 44.0 Å². The fourth-order valence-electron chi connectivity index (χ4n) is 14.5. The molecule has 0 N–H and O–H groups in total. The zero-order chi connectivity index (χ0) is 63.5. The minimum atomic E-state index is 0.748. The van der Waals surface area contributed by atoms with Crippen LogP contribution in [0.25, 0.3) is 89.4 Å². The van der Waals surface area contributed by atoms with E-state index in [0.29, 0.717) is 0 Å². The summed E-state index contributed by atoms with van der Waals surface area (Å²) in [6, 6.07) is 22.0. The number of hydrogen-bond donors (Lipinski definition) is 0. The summed E-state index contributed by atoms with van der Waals surface area (Å²) < 4.78 is 8.19. The summed E-state index contributed by atoms with van der Waals surface area (Å²) in [5, 5.41) is 4.79. The summed E-state index contributed by atoms with van der Waals surface area (Å²) in [4.78, 5) is 41.4. The van der Waals surface area contributed by atoms with Gasteiger partial charge in [-0.3, -0.25) is 0 Å². The van der Waals surface area contributed by atoms with Gasteiger partial charge >= 0.3 is 21.0 Å². The third-order valence-electron chi connectivity index (χ3n) is 19.5. The molecule has 7 aromatic rings. The van der Waals surface area contributed by atoms with Gasteiger partial charge in [-0.15, -0.1) is 0 Å². The van der Waals surface area contributed by atoms with E-state index >= 15 is 0 Å². The number of rotatable bonds is 40. The van der Waals surface area contributed by atoms with Crippen molar-refractivity contribution in [3.63, 3.8) is 0 Å². The number of benzene rings is 4. The topological polar surface area (TPSA) is 110 Å². The van der Waals surface area contributed by atoms with Crippen LogP contribution in [0.2, 0.25) is 0 Å². The zero-order valence-corrected chi connectivity index (χ0v) is 58.9. The van der Waals surface area contributed by atoms with Crippen LogP contribution in [0, 0.1) is 0 Å². The second-order valence-electron chi connectivity index (χ2n) is 26.7.